The van der Waals surface area contributed by atoms with Crippen molar-refractivity contribution < 1.29 is 9.90 Å². The molecule has 0 fully saturated rings. The van der Waals surface area contributed by atoms with Crippen LogP contribution in [0.2, 0.25) is 0 Å². The van der Waals surface area contributed by atoms with Crippen molar-refractivity contribution in [1.29, 1.82) is 0 Å². The Hall–Kier alpha value is -2.71. The Kier molecular flexibility index (Phi) is 3.82. The number of hydrogen-bond donors (Lipinski definition) is 1. The van der Waals surface area contributed by atoms with E-state index in [0.717, 1.165) is 22.3 Å². The highest BCUT2D eigenvalue weighted by Crippen LogP contribution is 2.43. The zero-order valence-corrected chi connectivity index (χ0v) is 15.3. The van der Waals surface area contributed by atoms with E-state index >= 15 is 0 Å². The average Bonchev–Trinajstić information content (AvgIpc) is 2.64. The monoisotopic (exact) mass is 342 g/mol. The number of Topliss-reactive ketones (excluding diaryl/α,β-unsaturated/α-hetero) is 1. The molecular weight excluding hydrogens is 320 g/mol. The summed E-state index contributed by atoms with van der Waals surface area (Å²) >= 11 is 0. The van der Waals surface area contributed by atoms with E-state index in [2.05, 4.69) is 26.0 Å². The minimum absolute atomic E-state index is 0.218. The molecule has 0 bridgehead atoms. The summed E-state index contributed by atoms with van der Waals surface area (Å²) in [6.07, 6.45) is 0.282. The largest absolute Gasteiger partial charge is 0.377 e. The molecule has 0 saturated heterocycles. The number of fused-ring (bicyclic) bond motifs is 3. The smallest absolute Gasteiger partial charge is 0.199 e. The third kappa shape index (κ3) is 2.41. The lowest BCUT2D eigenvalue weighted by Gasteiger charge is -2.35. The van der Waals surface area contributed by atoms with Crippen LogP contribution in [0.3, 0.4) is 0 Å². The van der Waals surface area contributed by atoms with E-state index in [4.69, 9.17) is 0 Å². The third-order valence-electron chi connectivity index (χ3n) is 5.61. The summed E-state index contributed by atoms with van der Waals surface area (Å²) in [5.41, 5.74) is 6.09. The molecular formula is C24H22O2. The molecule has 1 aliphatic carbocycles. The van der Waals surface area contributed by atoms with Gasteiger partial charge in [-0.2, -0.15) is 0 Å². The maximum absolute atomic E-state index is 13.3. The molecule has 26 heavy (non-hydrogen) atoms. The lowest BCUT2D eigenvalue weighted by molar-refractivity contribution is 0.0293. The van der Waals surface area contributed by atoms with Gasteiger partial charge in [-0.15, -0.1) is 0 Å². The van der Waals surface area contributed by atoms with Crippen LogP contribution in [0.1, 0.15) is 38.2 Å². The fraction of sp³-hybridized carbons (Fsp3) is 0.208. The minimum atomic E-state index is -1.54. The van der Waals surface area contributed by atoms with Crippen LogP contribution in [-0.2, 0) is 12.0 Å². The Morgan fingerprint density at radius 3 is 2.08 bits per heavy atom. The molecule has 2 nitrogen and oxygen atoms in total. The molecule has 0 amide bonds. The lowest BCUT2D eigenvalue weighted by Crippen LogP contribution is -2.41. The van der Waals surface area contributed by atoms with E-state index in [-0.39, 0.29) is 12.2 Å². The SMILES string of the molecule is Cc1cc(C)c(CC2(O)C(=O)c3ccccc3-c3ccccc32)cc1C. The molecule has 2 heteroatoms. The number of aryl methyl sites for hydroxylation is 3. The van der Waals surface area contributed by atoms with E-state index in [9.17, 15) is 9.90 Å². The zero-order valence-electron chi connectivity index (χ0n) is 15.3. The molecule has 1 unspecified atom stereocenters. The average molecular weight is 342 g/mol. The second kappa shape index (κ2) is 5.93. The van der Waals surface area contributed by atoms with Gasteiger partial charge >= 0.3 is 0 Å². The molecule has 0 radical (unpaired) electrons. The minimum Gasteiger partial charge on any atom is -0.377 e. The molecule has 0 heterocycles. The van der Waals surface area contributed by atoms with E-state index < -0.39 is 5.60 Å². The molecule has 1 N–H and O–H groups in total. The molecule has 0 aromatic heterocycles. The summed E-state index contributed by atoms with van der Waals surface area (Å²) in [5, 5.41) is 11.6. The number of aliphatic hydroxyl groups is 1. The van der Waals surface area contributed by atoms with Crippen LogP contribution in [0.5, 0.6) is 0 Å². The zero-order chi connectivity index (χ0) is 18.5. The van der Waals surface area contributed by atoms with Crippen molar-refractivity contribution in [3.63, 3.8) is 0 Å². The van der Waals surface area contributed by atoms with Gasteiger partial charge < -0.3 is 5.11 Å². The fourth-order valence-corrected chi connectivity index (χ4v) is 4.00. The van der Waals surface area contributed by atoms with Gasteiger partial charge in [0.2, 0.25) is 0 Å². The maximum Gasteiger partial charge on any atom is 0.199 e. The van der Waals surface area contributed by atoms with Gasteiger partial charge in [0.15, 0.2) is 11.4 Å². The summed E-state index contributed by atoms with van der Waals surface area (Å²) < 4.78 is 0. The van der Waals surface area contributed by atoms with Gasteiger partial charge in [-0.25, -0.2) is 0 Å². The van der Waals surface area contributed by atoms with E-state index in [0.29, 0.717) is 11.1 Å². The van der Waals surface area contributed by atoms with Gasteiger partial charge in [0.05, 0.1) is 0 Å². The van der Waals surface area contributed by atoms with Crippen LogP contribution in [-0.4, -0.2) is 10.9 Å². The van der Waals surface area contributed by atoms with Crippen molar-refractivity contribution >= 4 is 5.78 Å². The van der Waals surface area contributed by atoms with Crippen molar-refractivity contribution in [2.75, 3.05) is 0 Å². The first-order chi connectivity index (χ1) is 12.4. The number of ketones is 1. The van der Waals surface area contributed by atoms with Crippen molar-refractivity contribution in [3.8, 4) is 11.1 Å². The van der Waals surface area contributed by atoms with Crippen molar-refractivity contribution in [2.24, 2.45) is 0 Å². The van der Waals surface area contributed by atoms with Gasteiger partial charge in [-0.05, 0) is 59.7 Å². The first kappa shape index (κ1) is 16.7. The van der Waals surface area contributed by atoms with E-state index in [1.165, 1.54) is 11.1 Å². The predicted molar refractivity (Wildman–Crippen MR) is 104 cm³/mol. The quantitative estimate of drug-likeness (QED) is 0.719. The highest BCUT2D eigenvalue weighted by molar-refractivity contribution is 6.11. The molecule has 1 aliphatic rings. The third-order valence-corrected chi connectivity index (χ3v) is 5.61. The van der Waals surface area contributed by atoms with Gasteiger partial charge in [0.25, 0.3) is 0 Å². The number of hydrogen-bond acceptors (Lipinski definition) is 2. The van der Waals surface area contributed by atoms with Crippen LogP contribution in [0.25, 0.3) is 11.1 Å². The summed E-state index contributed by atoms with van der Waals surface area (Å²) in [4.78, 5) is 13.3. The highest BCUT2D eigenvalue weighted by atomic mass is 16.3. The Bertz CT molecular complexity index is 1030. The Balaban J connectivity index is 1.91. The molecule has 3 aromatic carbocycles. The van der Waals surface area contributed by atoms with Crippen molar-refractivity contribution in [2.45, 2.75) is 32.8 Å². The second-order valence-corrected chi connectivity index (χ2v) is 7.32. The number of benzene rings is 3. The summed E-state index contributed by atoms with van der Waals surface area (Å²) in [7, 11) is 0. The Morgan fingerprint density at radius 1 is 0.769 bits per heavy atom. The van der Waals surface area contributed by atoms with Crippen molar-refractivity contribution in [1.82, 2.24) is 0 Å². The highest BCUT2D eigenvalue weighted by Gasteiger charge is 2.44. The van der Waals surface area contributed by atoms with Crippen LogP contribution in [0, 0.1) is 20.8 Å². The number of rotatable bonds is 2. The first-order valence-corrected chi connectivity index (χ1v) is 8.94. The van der Waals surface area contributed by atoms with Gasteiger partial charge in [-0.1, -0.05) is 60.7 Å². The molecule has 130 valence electrons. The van der Waals surface area contributed by atoms with Gasteiger partial charge in [0.1, 0.15) is 0 Å². The topological polar surface area (TPSA) is 37.3 Å². The van der Waals surface area contributed by atoms with Gasteiger partial charge in [-0.3, -0.25) is 4.79 Å². The van der Waals surface area contributed by atoms with Crippen LogP contribution >= 0.6 is 0 Å². The molecule has 0 aliphatic heterocycles. The fourth-order valence-electron chi connectivity index (χ4n) is 4.00. The second-order valence-electron chi connectivity index (χ2n) is 7.32. The first-order valence-electron chi connectivity index (χ1n) is 8.94. The van der Waals surface area contributed by atoms with Crippen LogP contribution < -0.4 is 0 Å². The Labute approximate surface area is 154 Å². The lowest BCUT2D eigenvalue weighted by atomic mass is 9.71. The van der Waals surface area contributed by atoms with Crippen molar-refractivity contribution in [3.05, 3.63) is 94.0 Å². The molecule has 0 spiro atoms. The molecule has 0 saturated carbocycles. The standard InChI is InChI=1S/C24H22O2/c1-15-12-17(3)18(13-16(15)2)14-24(26)22-11-7-6-9-20(22)19-8-4-5-10-21(19)23(24)25/h4-13,26H,14H2,1-3H3. The summed E-state index contributed by atoms with van der Waals surface area (Å²) in [5.74, 6) is -0.218. The maximum atomic E-state index is 13.3. The molecule has 3 aromatic rings. The van der Waals surface area contributed by atoms with E-state index in [1.807, 2.05) is 55.5 Å². The van der Waals surface area contributed by atoms with Gasteiger partial charge in [0, 0.05) is 12.0 Å². The number of carbonyl (C=O) groups is 1. The molecule has 1 atom stereocenters. The molecule has 4 rings (SSSR count). The predicted octanol–water partition coefficient (Wildman–Crippen LogP) is 4.91. The van der Waals surface area contributed by atoms with E-state index in [1.54, 1.807) is 0 Å². The normalized spacial score (nSPS) is 18.4. The van der Waals surface area contributed by atoms with Crippen LogP contribution in [0.15, 0.2) is 60.7 Å². The number of carbonyl (C=O) groups excluding carboxylic acids is 1. The van der Waals surface area contributed by atoms with Crippen LogP contribution in [0.4, 0.5) is 0 Å². The Morgan fingerprint density at radius 2 is 1.35 bits per heavy atom. The summed E-state index contributed by atoms with van der Waals surface area (Å²) in [6.45, 7) is 6.19. The summed E-state index contributed by atoms with van der Waals surface area (Å²) in [6, 6.07) is 19.5.